The van der Waals surface area contributed by atoms with Crippen molar-refractivity contribution < 1.29 is 14.1 Å². The number of piperidine rings is 1. The maximum absolute atomic E-state index is 12.8. The van der Waals surface area contributed by atoms with Crippen molar-refractivity contribution in [3.8, 4) is 17.1 Å². The summed E-state index contributed by atoms with van der Waals surface area (Å²) in [5.41, 5.74) is 3.25. The van der Waals surface area contributed by atoms with Crippen LogP contribution in [0.3, 0.4) is 0 Å². The highest BCUT2D eigenvalue weighted by Crippen LogP contribution is 2.26. The van der Waals surface area contributed by atoms with E-state index in [4.69, 9.17) is 9.26 Å². The summed E-state index contributed by atoms with van der Waals surface area (Å²) in [6, 6.07) is 12.2. The summed E-state index contributed by atoms with van der Waals surface area (Å²) in [7, 11) is 1.64. The van der Waals surface area contributed by atoms with Gasteiger partial charge in [-0.15, -0.1) is 0 Å². The predicted molar refractivity (Wildman–Crippen MR) is 137 cm³/mol. The molecule has 0 spiro atoms. The van der Waals surface area contributed by atoms with Crippen molar-refractivity contribution in [2.24, 2.45) is 11.8 Å². The lowest BCUT2D eigenvalue weighted by Gasteiger charge is -2.30. The molecule has 1 amide bonds. The molecule has 2 aliphatic heterocycles. The van der Waals surface area contributed by atoms with Gasteiger partial charge in [-0.1, -0.05) is 11.2 Å². The van der Waals surface area contributed by atoms with Crippen LogP contribution in [0.1, 0.15) is 30.5 Å². The van der Waals surface area contributed by atoms with Crippen molar-refractivity contribution in [1.29, 1.82) is 0 Å². The fourth-order valence-corrected chi connectivity index (χ4v) is 5.04. The van der Waals surface area contributed by atoms with Crippen LogP contribution in [0, 0.1) is 18.8 Å². The van der Waals surface area contributed by atoms with E-state index in [9.17, 15) is 4.79 Å². The van der Waals surface area contributed by atoms with Crippen LogP contribution in [0.15, 0.2) is 47.1 Å². The van der Waals surface area contributed by atoms with Crippen LogP contribution >= 0.6 is 0 Å². The van der Waals surface area contributed by atoms with Gasteiger partial charge in [0.1, 0.15) is 5.75 Å². The first-order valence-corrected chi connectivity index (χ1v) is 12.7. The second-order valence-electron chi connectivity index (χ2n) is 9.79. The van der Waals surface area contributed by atoms with Gasteiger partial charge in [0.25, 0.3) is 0 Å². The van der Waals surface area contributed by atoms with Gasteiger partial charge in [-0.05, 0) is 74.5 Å². The van der Waals surface area contributed by atoms with Crippen LogP contribution in [0.4, 0.5) is 6.01 Å². The van der Waals surface area contributed by atoms with Crippen LogP contribution in [0.25, 0.3) is 11.4 Å². The molecule has 0 bridgehead atoms. The number of aromatic nitrogens is 3. The smallest absolute Gasteiger partial charge is 0.324 e. The third-order valence-corrected chi connectivity index (χ3v) is 7.33. The van der Waals surface area contributed by atoms with Crippen LogP contribution in [0.2, 0.25) is 0 Å². The molecule has 0 radical (unpaired) electrons. The normalized spacial score (nSPS) is 18.9. The first-order chi connectivity index (χ1) is 17.6. The van der Waals surface area contributed by atoms with Gasteiger partial charge >= 0.3 is 6.01 Å². The van der Waals surface area contributed by atoms with Crippen molar-refractivity contribution >= 4 is 11.9 Å². The van der Waals surface area contributed by atoms with Crippen molar-refractivity contribution in [3.05, 3.63) is 53.9 Å². The first-order valence-electron chi connectivity index (χ1n) is 12.7. The molecule has 2 aromatic heterocycles. The lowest BCUT2D eigenvalue weighted by Crippen LogP contribution is -2.42. The number of rotatable bonds is 8. The fraction of sp³-hybridized carbons (Fsp3) is 0.481. The number of hydrogen-bond donors (Lipinski definition) is 1. The Morgan fingerprint density at radius 3 is 2.69 bits per heavy atom. The zero-order valence-corrected chi connectivity index (χ0v) is 21.0. The molecule has 2 saturated heterocycles. The summed E-state index contributed by atoms with van der Waals surface area (Å²) < 4.78 is 10.7. The van der Waals surface area contributed by atoms with E-state index in [1.807, 2.05) is 36.5 Å². The fourth-order valence-electron chi connectivity index (χ4n) is 5.04. The van der Waals surface area contributed by atoms with Gasteiger partial charge in [-0.2, -0.15) is 4.98 Å². The lowest BCUT2D eigenvalue weighted by atomic mass is 9.96. The van der Waals surface area contributed by atoms with Crippen molar-refractivity contribution in [3.63, 3.8) is 0 Å². The summed E-state index contributed by atoms with van der Waals surface area (Å²) in [6.07, 6.45) is 4.53. The molecule has 1 atom stereocenters. The van der Waals surface area contributed by atoms with E-state index in [-0.39, 0.29) is 11.8 Å². The summed E-state index contributed by atoms with van der Waals surface area (Å²) in [5, 5.41) is 7.34. The van der Waals surface area contributed by atoms with E-state index in [1.54, 1.807) is 7.11 Å². The van der Waals surface area contributed by atoms with E-state index in [2.05, 4.69) is 43.2 Å². The highest BCUT2D eigenvalue weighted by molar-refractivity contribution is 5.79. The first kappa shape index (κ1) is 24.2. The second-order valence-corrected chi connectivity index (χ2v) is 9.79. The van der Waals surface area contributed by atoms with Gasteiger partial charge < -0.3 is 19.5 Å². The molecule has 3 aromatic rings. The SMILES string of the molecule is COc1ccc(-c2noc(N3CCC(C(=O)NCC4CCN(Cc5ncccc5C)C4)CC3)n2)cc1. The van der Waals surface area contributed by atoms with Crippen LogP contribution < -0.4 is 15.0 Å². The average Bonchev–Trinajstić information content (AvgIpc) is 3.59. The minimum absolute atomic E-state index is 0.0268. The Hall–Kier alpha value is -3.46. The molecule has 9 heteroatoms. The largest absolute Gasteiger partial charge is 0.497 e. The maximum Gasteiger partial charge on any atom is 0.324 e. The molecule has 9 nitrogen and oxygen atoms in total. The highest BCUT2D eigenvalue weighted by Gasteiger charge is 2.29. The van der Waals surface area contributed by atoms with Gasteiger partial charge in [0.2, 0.25) is 11.7 Å². The number of hydrogen-bond acceptors (Lipinski definition) is 8. The van der Waals surface area contributed by atoms with Crippen LogP contribution in [-0.2, 0) is 11.3 Å². The van der Waals surface area contributed by atoms with Gasteiger partial charge in [-0.3, -0.25) is 14.7 Å². The monoisotopic (exact) mass is 490 g/mol. The minimum atomic E-state index is 0.0268. The number of benzene rings is 1. The number of nitrogens with zero attached hydrogens (tertiary/aromatic N) is 5. The molecular formula is C27H34N6O3. The molecular weight excluding hydrogens is 456 g/mol. The Bertz CT molecular complexity index is 1160. The molecule has 1 unspecified atom stereocenters. The standard InChI is InChI=1S/C27H34N6O3/c1-19-4-3-12-28-24(19)18-32-13-9-20(17-32)16-29-26(34)22-10-14-33(15-11-22)27-30-25(31-36-27)21-5-7-23(35-2)8-6-21/h3-8,12,20,22H,9-11,13-18H2,1-2H3,(H,29,34). The Labute approximate surface area is 211 Å². The van der Waals surface area contributed by atoms with Crippen molar-refractivity contribution in [2.75, 3.05) is 44.7 Å². The van der Waals surface area contributed by atoms with E-state index in [0.717, 1.165) is 75.5 Å². The zero-order valence-electron chi connectivity index (χ0n) is 21.0. The summed E-state index contributed by atoms with van der Waals surface area (Å²) in [5.74, 6) is 2.02. The lowest BCUT2D eigenvalue weighted by molar-refractivity contribution is -0.125. The number of carbonyl (C=O) groups is 1. The third-order valence-electron chi connectivity index (χ3n) is 7.33. The van der Waals surface area contributed by atoms with Gasteiger partial charge in [0.15, 0.2) is 0 Å². The summed E-state index contributed by atoms with van der Waals surface area (Å²) >= 11 is 0. The van der Waals surface area contributed by atoms with E-state index < -0.39 is 0 Å². The number of anilines is 1. The number of pyridine rings is 1. The molecule has 0 saturated carbocycles. The second kappa shape index (κ2) is 11.1. The molecule has 1 N–H and O–H groups in total. The number of likely N-dealkylation sites (tertiary alicyclic amines) is 1. The van der Waals surface area contributed by atoms with Crippen molar-refractivity contribution in [2.45, 2.75) is 32.7 Å². The topological polar surface area (TPSA) is 96.6 Å². The highest BCUT2D eigenvalue weighted by atomic mass is 16.5. The maximum atomic E-state index is 12.8. The van der Waals surface area contributed by atoms with Crippen molar-refractivity contribution in [1.82, 2.24) is 25.3 Å². The Morgan fingerprint density at radius 2 is 1.94 bits per heavy atom. The Kier molecular flexibility index (Phi) is 7.46. The molecule has 2 aliphatic rings. The zero-order chi connectivity index (χ0) is 24.9. The molecule has 5 rings (SSSR count). The Balaban J connectivity index is 1.05. The quantitative estimate of drug-likeness (QED) is 0.514. The minimum Gasteiger partial charge on any atom is -0.497 e. The van der Waals surface area contributed by atoms with E-state index in [1.165, 1.54) is 5.56 Å². The summed E-state index contributed by atoms with van der Waals surface area (Å²) in [6.45, 7) is 7.24. The predicted octanol–water partition coefficient (Wildman–Crippen LogP) is 3.30. The summed E-state index contributed by atoms with van der Waals surface area (Å²) in [4.78, 5) is 26.4. The number of ether oxygens (including phenoxy) is 1. The number of methoxy groups -OCH3 is 1. The van der Waals surface area contributed by atoms with Crippen LogP contribution in [-0.4, -0.2) is 65.8 Å². The van der Waals surface area contributed by atoms with Gasteiger partial charge in [0, 0.05) is 50.4 Å². The molecule has 1 aromatic carbocycles. The van der Waals surface area contributed by atoms with Crippen LogP contribution in [0.5, 0.6) is 5.75 Å². The number of amides is 1. The Morgan fingerprint density at radius 1 is 1.14 bits per heavy atom. The number of nitrogens with one attached hydrogen (secondary N) is 1. The van der Waals surface area contributed by atoms with E-state index in [0.29, 0.717) is 17.8 Å². The molecule has 36 heavy (non-hydrogen) atoms. The number of carbonyl (C=O) groups excluding carboxylic acids is 1. The molecule has 0 aliphatic carbocycles. The van der Waals surface area contributed by atoms with E-state index >= 15 is 0 Å². The third kappa shape index (κ3) is 5.67. The van der Waals surface area contributed by atoms with Gasteiger partial charge in [-0.25, -0.2) is 0 Å². The molecule has 190 valence electrons. The number of aryl methyl sites for hydroxylation is 1. The molecule has 4 heterocycles. The molecule has 2 fully saturated rings. The average molecular weight is 491 g/mol. The van der Waals surface area contributed by atoms with Gasteiger partial charge in [0.05, 0.1) is 12.8 Å².